The molecule has 5 nitrogen and oxygen atoms in total. The molecule has 2 fully saturated rings. The molecule has 2 aliphatic rings. The summed E-state index contributed by atoms with van der Waals surface area (Å²) in [5, 5.41) is 4.48. The topological polar surface area (TPSA) is 55.2 Å². The van der Waals surface area contributed by atoms with E-state index in [1.807, 2.05) is 4.90 Å². The number of carbonyl (C=O) groups excluding carboxylic acids is 1. The van der Waals surface area contributed by atoms with Crippen LogP contribution in [0.3, 0.4) is 0 Å². The quantitative estimate of drug-likeness (QED) is 0.740. The zero-order chi connectivity index (χ0) is 20.2. The van der Waals surface area contributed by atoms with Gasteiger partial charge in [0.25, 0.3) is 5.56 Å². The van der Waals surface area contributed by atoms with Crippen molar-refractivity contribution < 1.29 is 9.18 Å². The summed E-state index contributed by atoms with van der Waals surface area (Å²) in [5.74, 6) is 0.610. The van der Waals surface area contributed by atoms with E-state index < -0.39 is 0 Å². The van der Waals surface area contributed by atoms with Crippen LogP contribution in [0.2, 0.25) is 0 Å². The molecule has 1 aliphatic carbocycles. The van der Waals surface area contributed by atoms with Gasteiger partial charge < -0.3 is 4.90 Å². The second kappa shape index (κ2) is 8.89. The summed E-state index contributed by atoms with van der Waals surface area (Å²) >= 11 is 0. The van der Waals surface area contributed by atoms with Crippen LogP contribution in [0.15, 0.2) is 41.2 Å². The monoisotopic (exact) mass is 397 g/mol. The number of aromatic nitrogens is 2. The maximum Gasteiger partial charge on any atom is 0.266 e. The summed E-state index contributed by atoms with van der Waals surface area (Å²) in [4.78, 5) is 27.1. The van der Waals surface area contributed by atoms with Crippen molar-refractivity contribution in [3.8, 4) is 11.3 Å². The molecular formula is C23H28FN3O2. The van der Waals surface area contributed by atoms with Crippen LogP contribution in [0, 0.1) is 11.7 Å². The van der Waals surface area contributed by atoms with Crippen molar-refractivity contribution in [3.63, 3.8) is 0 Å². The average Bonchev–Trinajstić information content (AvgIpc) is 3.40. The number of hydrogen-bond acceptors (Lipinski definition) is 3. The van der Waals surface area contributed by atoms with Crippen molar-refractivity contribution in [1.82, 2.24) is 14.7 Å². The van der Waals surface area contributed by atoms with E-state index in [1.165, 1.54) is 48.6 Å². The first-order chi connectivity index (χ1) is 14.1. The normalized spacial score (nSPS) is 19.8. The standard InChI is InChI=1S/C23H28FN3O2/c24-19-10-8-18(9-11-19)21-12-14-23(29)27(25-21)16-20-6-3-15-26(20)22(28)13-7-17-4-1-2-5-17/h8-12,14,17,20H,1-7,13,15-16H2/t20-/m0/s1. The number of benzene rings is 1. The van der Waals surface area contributed by atoms with Crippen molar-refractivity contribution in [3.05, 3.63) is 52.6 Å². The molecule has 154 valence electrons. The number of hydrogen-bond donors (Lipinski definition) is 0. The molecule has 0 bridgehead atoms. The van der Waals surface area contributed by atoms with Gasteiger partial charge in [-0.2, -0.15) is 5.10 Å². The lowest BCUT2D eigenvalue weighted by molar-refractivity contribution is -0.132. The summed E-state index contributed by atoms with van der Waals surface area (Å²) in [7, 11) is 0. The first-order valence-electron chi connectivity index (χ1n) is 10.7. The van der Waals surface area contributed by atoms with Crippen LogP contribution in [0.5, 0.6) is 0 Å². The molecule has 1 aliphatic heterocycles. The predicted octanol–water partition coefficient (Wildman–Crippen LogP) is 4.01. The lowest BCUT2D eigenvalue weighted by atomic mass is 10.0. The maximum atomic E-state index is 13.2. The minimum Gasteiger partial charge on any atom is -0.338 e. The molecule has 0 unspecified atom stereocenters. The number of amides is 1. The van der Waals surface area contributed by atoms with Crippen molar-refractivity contribution in [1.29, 1.82) is 0 Å². The number of likely N-dealkylation sites (tertiary alicyclic amines) is 1. The Balaban J connectivity index is 1.44. The summed E-state index contributed by atoms with van der Waals surface area (Å²) in [6, 6.07) is 9.24. The van der Waals surface area contributed by atoms with Crippen LogP contribution in [-0.4, -0.2) is 33.2 Å². The van der Waals surface area contributed by atoms with Gasteiger partial charge >= 0.3 is 0 Å². The molecule has 1 amide bonds. The largest absolute Gasteiger partial charge is 0.338 e. The number of nitrogens with zero attached hydrogens (tertiary/aromatic N) is 3. The molecule has 0 radical (unpaired) electrons. The molecule has 1 saturated heterocycles. The molecule has 1 atom stereocenters. The highest BCUT2D eigenvalue weighted by Crippen LogP contribution is 2.29. The highest BCUT2D eigenvalue weighted by Gasteiger charge is 2.30. The fourth-order valence-electron chi connectivity index (χ4n) is 4.68. The first kappa shape index (κ1) is 19.8. The van der Waals surface area contributed by atoms with Crippen LogP contribution in [-0.2, 0) is 11.3 Å². The zero-order valence-corrected chi connectivity index (χ0v) is 16.7. The van der Waals surface area contributed by atoms with Crippen molar-refractivity contribution in [2.45, 2.75) is 64.0 Å². The fourth-order valence-corrected chi connectivity index (χ4v) is 4.68. The van der Waals surface area contributed by atoms with Gasteiger partial charge in [-0.1, -0.05) is 25.7 Å². The molecule has 29 heavy (non-hydrogen) atoms. The zero-order valence-electron chi connectivity index (χ0n) is 16.7. The first-order valence-corrected chi connectivity index (χ1v) is 10.7. The Bertz CT molecular complexity index is 903. The number of carbonyl (C=O) groups is 1. The lowest BCUT2D eigenvalue weighted by Gasteiger charge is -2.25. The SMILES string of the molecule is O=C(CCC1CCCC1)N1CCC[C@H]1Cn1nc(-c2ccc(F)cc2)ccc1=O. The third-order valence-corrected chi connectivity index (χ3v) is 6.33. The summed E-state index contributed by atoms with van der Waals surface area (Å²) in [5.41, 5.74) is 1.21. The highest BCUT2D eigenvalue weighted by molar-refractivity contribution is 5.76. The van der Waals surface area contributed by atoms with Gasteiger partial charge in [-0.05, 0) is 55.5 Å². The molecule has 4 rings (SSSR count). The number of halogens is 1. The lowest BCUT2D eigenvalue weighted by Crippen LogP contribution is -2.40. The van der Waals surface area contributed by atoms with Crippen LogP contribution in [0.1, 0.15) is 51.4 Å². The minimum absolute atomic E-state index is 0.0137. The van der Waals surface area contributed by atoms with E-state index in [4.69, 9.17) is 0 Å². The maximum absolute atomic E-state index is 13.2. The third-order valence-electron chi connectivity index (χ3n) is 6.33. The smallest absolute Gasteiger partial charge is 0.266 e. The van der Waals surface area contributed by atoms with E-state index in [1.54, 1.807) is 18.2 Å². The van der Waals surface area contributed by atoms with Gasteiger partial charge in [0.15, 0.2) is 0 Å². The van der Waals surface area contributed by atoms with Gasteiger partial charge in [0.05, 0.1) is 18.3 Å². The van der Waals surface area contributed by atoms with Crippen LogP contribution < -0.4 is 5.56 Å². The van der Waals surface area contributed by atoms with E-state index in [9.17, 15) is 14.0 Å². The molecule has 1 aromatic carbocycles. The summed E-state index contributed by atoms with van der Waals surface area (Å²) < 4.78 is 14.6. The summed E-state index contributed by atoms with van der Waals surface area (Å²) in [6.45, 7) is 1.17. The van der Waals surface area contributed by atoms with Gasteiger partial charge in [-0.3, -0.25) is 9.59 Å². The van der Waals surface area contributed by atoms with E-state index in [-0.39, 0.29) is 23.3 Å². The van der Waals surface area contributed by atoms with Gasteiger partial charge in [-0.25, -0.2) is 9.07 Å². The van der Waals surface area contributed by atoms with Gasteiger partial charge in [0, 0.05) is 24.6 Å². The molecule has 2 aromatic rings. The Kier molecular flexibility index (Phi) is 6.07. The third kappa shape index (κ3) is 4.74. The van der Waals surface area contributed by atoms with Gasteiger partial charge in [-0.15, -0.1) is 0 Å². The molecule has 0 N–H and O–H groups in total. The van der Waals surface area contributed by atoms with Crippen LogP contribution >= 0.6 is 0 Å². The average molecular weight is 397 g/mol. The molecule has 1 saturated carbocycles. The van der Waals surface area contributed by atoms with E-state index >= 15 is 0 Å². The van der Waals surface area contributed by atoms with Gasteiger partial charge in [0.1, 0.15) is 5.82 Å². The Labute approximate surface area is 170 Å². The Morgan fingerprint density at radius 2 is 1.79 bits per heavy atom. The summed E-state index contributed by atoms with van der Waals surface area (Å²) in [6.07, 6.45) is 8.56. The van der Waals surface area contributed by atoms with E-state index in [0.717, 1.165) is 31.4 Å². The Morgan fingerprint density at radius 3 is 2.55 bits per heavy atom. The van der Waals surface area contributed by atoms with Crippen molar-refractivity contribution >= 4 is 5.91 Å². The molecule has 1 aromatic heterocycles. The second-order valence-corrected chi connectivity index (χ2v) is 8.32. The highest BCUT2D eigenvalue weighted by atomic mass is 19.1. The Hall–Kier alpha value is -2.50. The number of rotatable bonds is 6. The van der Waals surface area contributed by atoms with Crippen molar-refractivity contribution in [2.24, 2.45) is 5.92 Å². The molecule has 6 heteroatoms. The molecular weight excluding hydrogens is 369 g/mol. The van der Waals surface area contributed by atoms with Gasteiger partial charge in [0.2, 0.25) is 5.91 Å². The van der Waals surface area contributed by atoms with E-state index in [0.29, 0.717) is 24.6 Å². The van der Waals surface area contributed by atoms with Crippen molar-refractivity contribution in [2.75, 3.05) is 6.54 Å². The van der Waals surface area contributed by atoms with Crippen LogP contribution in [0.4, 0.5) is 4.39 Å². The second-order valence-electron chi connectivity index (χ2n) is 8.32. The fraction of sp³-hybridized carbons (Fsp3) is 0.522. The van der Waals surface area contributed by atoms with E-state index in [2.05, 4.69) is 5.10 Å². The minimum atomic E-state index is -0.306. The Morgan fingerprint density at radius 1 is 1.03 bits per heavy atom. The predicted molar refractivity (Wildman–Crippen MR) is 110 cm³/mol. The van der Waals surface area contributed by atoms with Crippen LogP contribution in [0.25, 0.3) is 11.3 Å². The molecule has 2 heterocycles. The molecule has 0 spiro atoms.